The van der Waals surface area contributed by atoms with Crippen molar-refractivity contribution in [2.24, 2.45) is 0 Å². The Morgan fingerprint density at radius 2 is 2.05 bits per heavy atom. The Kier molecular flexibility index (Phi) is 5.32. The minimum atomic E-state index is 0.583. The summed E-state index contributed by atoms with van der Waals surface area (Å²) < 4.78 is 5.56. The average molecular weight is 303 g/mol. The van der Waals surface area contributed by atoms with Crippen molar-refractivity contribution < 1.29 is 4.74 Å². The molecule has 2 fully saturated rings. The number of likely N-dealkylation sites (tertiary alicyclic amines) is 1. The van der Waals surface area contributed by atoms with Gasteiger partial charge >= 0.3 is 0 Å². The molecule has 0 spiro atoms. The maximum atomic E-state index is 5.56. The quantitative estimate of drug-likeness (QED) is 0.858. The molecule has 2 aliphatic rings. The Hall–Kier alpha value is -1.13. The first kappa shape index (κ1) is 15.8. The molecule has 0 aliphatic carbocycles. The van der Waals surface area contributed by atoms with E-state index in [2.05, 4.69) is 41.8 Å². The summed E-state index contributed by atoms with van der Waals surface area (Å²) in [7, 11) is 0. The Balaban J connectivity index is 1.72. The molecule has 2 saturated heterocycles. The first-order valence-electron chi connectivity index (χ1n) is 8.78. The van der Waals surface area contributed by atoms with Crippen molar-refractivity contribution in [2.75, 3.05) is 44.3 Å². The predicted molar refractivity (Wildman–Crippen MR) is 90.6 cm³/mol. The number of hydrogen-bond donors (Lipinski definition) is 0. The van der Waals surface area contributed by atoms with Crippen LogP contribution >= 0.6 is 0 Å². The van der Waals surface area contributed by atoms with E-state index in [9.17, 15) is 0 Å². The van der Waals surface area contributed by atoms with Crippen LogP contribution in [0.1, 0.15) is 44.7 Å². The van der Waals surface area contributed by atoms with Gasteiger partial charge in [0.05, 0.1) is 6.61 Å². The second-order valence-electron chi connectivity index (χ2n) is 6.80. The molecule has 1 atom stereocenters. The molecule has 0 unspecified atom stereocenters. The Morgan fingerprint density at radius 3 is 2.91 bits per heavy atom. The van der Waals surface area contributed by atoms with Gasteiger partial charge in [-0.25, -0.2) is 4.98 Å². The third-order valence-electron chi connectivity index (χ3n) is 4.90. The molecule has 122 valence electrons. The molecule has 0 N–H and O–H groups in total. The van der Waals surface area contributed by atoms with Gasteiger partial charge in [-0.15, -0.1) is 0 Å². The van der Waals surface area contributed by atoms with Crippen LogP contribution in [0, 0.1) is 0 Å². The zero-order chi connectivity index (χ0) is 15.4. The average Bonchev–Trinajstić information content (AvgIpc) is 2.84. The minimum Gasteiger partial charge on any atom is -0.380 e. The molecule has 2 aliphatic heterocycles. The van der Waals surface area contributed by atoms with E-state index in [0.717, 1.165) is 45.1 Å². The number of pyridine rings is 1. The van der Waals surface area contributed by atoms with E-state index < -0.39 is 0 Å². The number of ether oxygens (including phenoxy) is 1. The van der Waals surface area contributed by atoms with Gasteiger partial charge in [-0.05, 0) is 51.8 Å². The van der Waals surface area contributed by atoms with Crippen LogP contribution < -0.4 is 4.90 Å². The van der Waals surface area contributed by atoms with E-state index in [1.54, 1.807) is 0 Å². The van der Waals surface area contributed by atoms with Crippen molar-refractivity contribution in [1.82, 2.24) is 9.88 Å². The van der Waals surface area contributed by atoms with E-state index in [0.29, 0.717) is 12.0 Å². The molecule has 22 heavy (non-hydrogen) atoms. The van der Waals surface area contributed by atoms with E-state index >= 15 is 0 Å². The molecule has 0 bridgehead atoms. The third-order valence-corrected chi connectivity index (χ3v) is 4.90. The lowest BCUT2D eigenvalue weighted by atomic mass is 9.93. The highest BCUT2D eigenvalue weighted by atomic mass is 16.5. The first-order chi connectivity index (χ1) is 10.7. The molecule has 4 heteroatoms. The molecule has 0 aromatic carbocycles. The fraction of sp³-hybridized carbons (Fsp3) is 0.722. The van der Waals surface area contributed by atoms with Gasteiger partial charge in [-0.3, -0.25) is 0 Å². The van der Waals surface area contributed by atoms with Crippen molar-refractivity contribution in [1.29, 1.82) is 0 Å². The zero-order valence-corrected chi connectivity index (χ0v) is 14.0. The largest absolute Gasteiger partial charge is 0.380 e. The van der Waals surface area contributed by atoms with Gasteiger partial charge < -0.3 is 14.5 Å². The van der Waals surface area contributed by atoms with Crippen molar-refractivity contribution in [3.8, 4) is 0 Å². The van der Waals surface area contributed by atoms with Gasteiger partial charge in [0.2, 0.25) is 0 Å². The van der Waals surface area contributed by atoms with E-state index in [1.165, 1.54) is 25.1 Å². The molecule has 3 rings (SSSR count). The van der Waals surface area contributed by atoms with Crippen molar-refractivity contribution >= 4 is 5.82 Å². The monoisotopic (exact) mass is 303 g/mol. The maximum Gasteiger partial charge on any atom is 0.128 e. The summed E-state index contributed by atoms with van der Waals surface area (Å²) in [5.74, 6) is 1.71. The van der Waals surface area contributed by atoms with Crippen LogP contribution in [0.4, 0.5) is 5.82 Å². The molecule has 4 nitrogen and oxygen atoms in total. The van der Waals surface area contributed by atoms with Crippen LogP contribution in [-0.2, 0) is 4.74 Å². The molecule has 0 saturated carbocycles. The smallest absolute Gasteiger partial charge is 0.128 e. The van der Waals surface area contributed by atoms with Crippen LogP contribution in [0.2, 0.25) is 0 Å². The van der Waals surface area contributed by atoms with Crippen molar-refractivity contribution in [3.05, 3.63) is 23.9 Å². The summed E-state index contributed by atoms with van der Waals surface area (Å²) >= 11 is 0. The second-order valence-corrected chi connectivity index (χ2v) is 6.80. The summed E-state index contributed by atoms with van der Waals surface area (Å²) in [4.78, 5) is 9.96. The highest BCUT2D eigenvalue weighted by Crippen LogP contribution is 2.28. The Morgan fingerprint density at radius 1 is 1.14 bits per heavy atom. The topological polar surface area (TPSA) is 28.6 Å². The van der Waals surface area contributed by atoms with Crippen LogP contribution in [0.15, 0.2) is 18.2 Å². The summed E-state index contributed by atoms with van der Waals surface area (Å²) in [6.07, 6.45) is 3.64. The van der Waals surface area contributed by atoms with Crippen LogP contribution in [0.5, 0.6) is 0 Å². The van der Waals surface area contributed by atoms with Gasteiger partial charge in [0.1, 0.15) is 5.82 Å². The summed E-state index contributed by atoms with van der Waals surface area (Å²) in [5.41, 5.74) is 1.27. The standard InChI is InChI=1S/C18H29N3O/c1-15(2)21-9-4-6-16(14-21)17-7-3-8-18(19-17)20-10-5-12-22-13-11-20/h3,7-8,15-16H,4-6,9-14H2,1-2H3/t16-/m1/s1. The van der Waals surface area contributed by atoms with Crippen LogP contribution in [0.3, 0.4) is 0 Å². The third kappa shape index (κ3) is 3.79. The second kappa shape index (κ2) is 7.42. The number of rotatable bonds is 3. The van der Waals surface area contributed by atoms with Gasteiger partial charge in [-0.1, -0.05) is 6.07 Å². The van der Waals surface area contributed by atoms with Crippen LogP contribution in [-0.4, -0.2) is 55.3 Å². The number of hydrogen-bond acceptors (Lipinski definition) is 4. The normalized spacial score (nSPS) is 24.5. The Labute approximate surface area is 134 Å². The molecule has 0 radical (unpaired) electrons. The van der Waals surface area contributed by atoms with Gasteiger partial charge in [0.15, 0.2) is 0 Å². The zero-order valence-electron chi connectivity index (χ0n) is 14.0. The number of piperidine rings is 1. The molecule has 1 aromatic rings. The number of anilines is 1. The lowest BCUT2D eigenvalue weighted by Gasteiger charge is -2.35. The van der Waals surface area contributed by atoms with Crippen molar-refractivity contribution in [3.63, 3.8) is 0 Å². The highest BCUT2D eigenvalue weighted by molar-refractivity contribution is 5.40. The summed E-state index contributed by atoms with van der Waals surface area (Å²) in [6.45, 7) is 10.7. The van der Waals surface area contributed by atoms with Gasteiger partial charge in [-0.2, -0.15) is 0 Å². The fourth-order valence-corrected chi connectivity index (χ4v) is 3.54. The van der Waals surface area contributed by atoms with E-state index in [1.807, 2.05) is 0 Å². The first-order valence-corrected chi connectivity index (χ1v) is 8.78. The SMILES string of the molecule is CC(C)N1CCC[C@@H](c2cccc(N3CCCOCC3)n2)C1. The van der Waals surface area contributed by atoms with Gasteiger partial charge in [0.25, 0.3) is 0 Å². The summed E-state index contributed by atoms with van der Waals surface area (Å²) in [6, 6.07) is 7.18. The predicted octanol–water partition coefficient (Wildman–Crippen LogP) is 2.90. The number of aromatic nitrogens is 1. The minimum absolute atomic E-state index is 0.583. The van der Waals surface area contributed by atoms with E-state index in [4.69, 9.17) is 9.72 Å². The van der Waals surface area contributed by atoms with E-state index in [-0.39, 0.29) is 0 Å². The highest BCUT2D eigenvalue weighted by Gasteiger charge is 2.24. The lowest BCUT2D eigenvalue weighted by Crippen LogP contribution is -2.39. The van der Waals surface area contributed by atoms with Gasteiger partial charge in [0, 0.05) is 43.9 Å². The fourth-order valence-electron chi connectivity index (χ4n) is 3.54. The molecular formula is C18H29N3O. The van der Waals surface area contributed by atoms with Crippen molar-refractivity contribution in [2.45, 2.75) is 45.1 Å². The molecule has 3 heterocycles. The molecular weight excluding hydrogens is 274 g/mol. The molecule has 0 amide bonds. The molecule has 1 aromatic heterocycles. The number of nitrogens with zero attached hydrogens (tertiary/aromatic N) is 3. The Bertz CT molecular complexity index is 469. The maximum absolute atomic E-state index is 5.56. The lowest BCUT2D eigenvalue weighted by molar-refractivity contribution is 0.152. The summed E-state index contributed by atoms with van der Waals surface area (Å²) in [5, 5.41) is 0. The van der Waals surface area contributed by atoms with Crippen LogP contribution in [0.25, 0.3) is 0 Å².